The second-order valence-corrected chi connectivity index (χ2v) is 6.55. The van der Waals surface area contributed by atoms with Gasteiger partial charge in [0.15, 0.2) is 5.16 Å². The smallest absolute Gasteiger partial charge is 0.261 e. The average Bonchev–Trinajstić information content (AvgIpc) is 2.68. The first-order valence-corrected chi connectivity index (χ1v) is 8.93. The van der Waals surface area contributed by atoms with Gasteiger partial charge in [-0.05, 0) is 12.1 Å². The number of aromatic amines is 1. The Labute approximate surface area is 152 Å². The predicted octanol–water partition coefficient (Wildman–Crippen LogP) is 2.90. The van der Waals surface area contributed by atoms with Crippen LogP contribution >= 0.6 is 11.8 Å². The van der Waals surface area contributed by atoms with Gasteiger partial charge in [0.1, 0.15) is 0 Å². The van der Waals surface area contributed by atoms with Crippen LogP contribution in [0.4, 0.5) is 0 Å². The van der Waals surface area contributed by atoms with Crippen molar-refractivity contribution >= 4 is 22.7 Å². The number of fused-ring (bicyclic) bond motifs is 1. The standard InChI is InChI=1S/C19H14N4O2S/c24-17-10-16(13-6-2-1-3-7-13)21-19(22-17)26-12-23-11-20-15-9-5-4-8-14(15)18(23)25/h1-11H,12H2,(H,21,22,24). The average molecular weight is 362 g/mol. The van der Waals surface area contributed by atoms with Crippen LogP contribution in [0.5, 0.6) is 0 Å². The molecule has 0 amide bonds. The molecule has 0 radical (unpaired) electrons. The lowest BCUT2D eigenvalue weighted by Crippen LogP contribution is -2.19. The quantitative estimate of drug-likeness (QED) is 0.446. The lowest BCUT2D eigenvalue weighted by molar-refractivity contribution is 0.815. The molecule has 4 aromatic rings. The molecule has 26 heavy (non-hydrogen) atoms. The van der Waals surface area contributed by atoms with Crippen LogP contribution in [-0.2, 0) is 5.88 Å². The molecule has 128 valence electrons. The Bertz CT molecular complexity index is 1190. The van der Waals surface area contributed by atoms with Crippen LogP contribution in [0.15, 0.2) is 81.7 Å². The first-order valence-electron chi connectivity index (χ1n) is 7.94. The highest BCUT2D eigenvalue weighted by Crippen LogP contribution is 2.19. The summed E-state index contributed by atoms with van der Waals surface area (Å²) in [5.74, 6) is 0.303. The molecule has 6 nitrogen and oxygen atoms in total. The molecule has 0 saturated heterocycles. The Balaban J connectivity index is 1.63. The summed E-state index contributed by atoms with van der Waals surface area (Å²) in [6.07, 6.45) is 1.51. The van der Waals surface area contributed by atoms with Crippen LogP contribution < -0.4 is 11.1 Å². The van der Waals surface area contributed by atoms with E-state index in [1.807, 2.05) is 42.5 Å². The lowest BCUT2D eigenvalue weighted by atomic mass is 10.1. The number of nitrogens with zero attached hydrogens (tertiary/aromatic N) is 3. The van der Waals surface area contributed by atoms with Gasteiger partial charge in [-0.25, -0.2) is 9.97 Å². The van der Waals surface area contributed by atoms with Crippen molar-refractivity contribution in [1.29, 1.82) is 0 Å². The first-order chi connectivity index (χ1) is 12.7. The summed E-state index contributed by atoms with van der Waals surface area (Å²) in [4.78, 5) is 36.0. The van der Waals surface area contributed by atoms with E-state index in [0.717, 1.165) is 5.56 Å². The third kappa shape index (κ3) is 3.29. The SMILES string of the molecule is O=c1cc(-c2ccccc2)nc(SCn2cnc3ccccc3c2=O)[nH]1. The molecule has 0 fully saturated rings. The van der Waals surface area contributed by atoms with Gasteiger partial charge >= 0.3 is 0 Å². The maximum absolute atomic E-state index is 12.5. The molecule has 1 N–H and O–H groups in total. The highest BCUT2D eigenvalue weighted by Gasteiger charge is 2.07. The van der Waals surface area contributed by atoms with Crippen LogP contribution in [0.1, 0.15) is 0 Å². The number of hydrogen-bond donors (Lipinski definition) is 1. The number of aromatic nitrogens is 4. The molecule has 0 aliphatic carbocycles. The normalized spacial score (nSPS) is 10.9. The van der Waals surface area contributed by atoms with Crippen molar-refractivity contribution in [3.05, 3.63) is 87.7 Å². The number of H-pyrrole nitrogens is 1. The summed E-state index contributed by atoms with van der Waals surface area (Å²) >= 11 is 1.28. The minimum atomic E-state index is -0.231. The lowest BCUT2D eigenvalue weighted by Gasteiger charge is -2.07. The summed E-state index contributed by atoms with van der Waals surface area (Å²) in [5.41, 5.74) is 1.78. The minimum absolute atomic E-state index is 0.121. The summed E-state index contributed by atoms with van der Waals surface area (Å²) < 4.78 is 1.50. The fraction of sp³-hybridized carbons (Fsp3) is 0.0526. The fourth-order valence-electron chi connectivity index (χ4n) is 2.59. The monoisotopic (exact) mass is 362 g/mol. The summed E-state index contributed by atoms with van der Waals surface area (Å²) in [6, 6.07) is 18.2. The van der Waals surface area contributed by atoms with Gasteiger partial charge in [0.25, 0.3) is 11.1 Å². The number of rotatable bonds is 4. The van der Waals surface area contributed by atoms with Crippen LogP contribution in [-0.4, -0.2) is 19.5 Å². The van der Waals surface area contributed by atoms with E-state index in [-0.39, 0.29) is 11.1 Å². The van der Waals surface area contributed by atoms with Gasteiger partial charge in [0.2, 0.25) is 0 Å². The topological polar surface area (TPSA) is 80.6 Å². The van der Waals surface area contributed by atoms with E-state index in [0.29, 0.717) is 27.6 Å². The van der Waals surface area contributed by atoms with Crippen LogP contribution in [0.3, 0.4) is 0 Å². The zero-order valence-corrected chi connectivity index (χ0v) is 14.4. The van der Waals surface area contributed by atoms with Crippen molar-refractivity contribution in [1.82, 2.24) is 19.5 Å². The Morgan fingerprint density at radius 1 is 1.00 bits per heavy atom. The van der Waals surface area contributed by atoms with E-state index in [1.54, 1.807) is 12.1 Å². The van der Waals surface area contributed by atoms with E-state index in [2.05, 4.69) is 15.0 Å². The van der Waals surface area contributed by atoms with Crippen molar-refractivity contribution in [2.45, 2.75) is 11.0 Å². The maximum Gasteiger partial charge on any atom is 0.261 e. The molecule has 7 heteroatoms. The molecular formula is C19H14N4O2S. The van der Waals surface area contributed by atoms with Crippen molar-refractivity contribution < 1.29 is 0 Å². The molecule has 2 aromatic heterocycles. The second-order valence-electron chi connectivity index (χ2n) is 5.61. The van der Waals surface area contributed by atoms with E-state index in [9.17, 15) is 9.59 Å². The Morgan fingerprint density at radius 3 is 2.62 bits per heavy atom. The molecule has 0 unspecified atom stereocenters. The zero-order valence-electron chi connectivity index (χ0n) is 13.6. The number of thioether (sulfide) groups is 1. The van der Waals surface area contributed by atoms with Gasteiger partial charge in [0.05, 0.1) is 28.8 Å². The largest absolute Gasteiger partial charge is 0.301 e. The third-order valence-corrected chi connectivity index (χ3v) is 4.74. The molecule has 0 atom stereocenters. The number of para-hydroxylation sites is 1. The highest BCUT2D eigenvalue weighted by molar-refractivity contribution is 7.98. The van der Waals surface area contributed by atoms with Crippen molar-refractivity contribution in [2.24, 2.45) is 0 Å². The third-order valence-electron chi connectivity index (χ3n) is 3.86. The Kier molecular flexibility index (Phi) is 4.37. The molecule has 0 aliphatic heterocycles. The molecule has 2 aromatic carbocycles. The van der Waals surface area contributed by atoms with Crippen molar-refractivity contribution in [2.75, 3.05) is 0 Å². The van der Waals surface area contributed by atoms with Crippen molar-refractivity contribution in [3.63, 3.8) is 0 Å². The van der Waals surface area contributed by atoms with E-state index in [4.69, 9.17) is 0 Å². The van der Waals surface area contributed by atoms with Gasteiger partial charge in [0, 0.05) is 11.6 Å². The van der Waals surface area contributed by atoms with E-state index < -0.39 is 0 Å². The van der Waals surface area contributed by atoms with Crippen LogP contribution in [0.2, 0.25) is 0 Å². The first kappa shape index (κ1) is 16.3. The van der Waals surface area contributed by atoms with E-state index in [1.165, 1.54) is 28.7 Å². The fourth-order valence-corrected chi connectivity index (χ4v) is 3.37. The van der Waals surface area contributed by atoms with Gasteiger partial charge < -0.3 is 4.98 Å². The van der Waals surface area contributed by atoms with Crippen molar-refractivity contribution in [3.8, 4) is 11.3 Å². The molecule has 2 heterocycles. The summed E-state index contributed by atoms with van der Waals surface area (Å²) in [5, 5.41) is 1.02. The predicted molar refractivity (Wildman–Crippen MR) is 102 cm³/mol. The molecule has 0 saturated carbocycles. The number of hydrogen-bond acceptors (Lipinski definition) is 5. The zero-order chi connectivity index (χ0) is 17.9. The summed E-state index contributed by atoms with van der Waals surface area (Å²) in [7, 11) is 0. The van der Waals surface area contributed by atoms with E-state index >= 15 is 0 Å². The highest BCUT2D eigenvalue weighted by atomic mass is 32.2. The van der Waals surface area contributed by atoms with Gasteiger partial charge in [-0.15, -0.1) is 0 Å². The number of nitrogens with one attached hydrogen (secondary N) is 1. The molecular weight excluding hydrogens is 348 g/mol. The van der Waals surface area contributed by atoms with Crippen LogP contribution in [0, 0.1) is 0 Å². The molecule has 4 rings (SSSR count). The van der Waals surface area contributed by atoms with Crippen LogP contribution in [0.25, 0.3) is 22.2 Å². The molecule has 0 aliphatic rings. The minimum Gasteiger partial charge on any atom is -0.301 e. The van der Waals surface area contributed by atoms with Gasteiger partial charge in [-0.3, -0.25) is 14.2 Å². The van der Waals surface area contributed by atoms with Gasteiger partial charge in [-0.2, -0.15) is 0 Å². The summed E-state index contributed by atoms with van der Waals surface area (Å²) in [6.45, 7) is 0. The Hall–Kier alpha value is -3.19. The van der Waals surface area contributed by atoms with Gasteiger partial charge in [-0.1, -0.05) is 54.2 Å². The molecule has 0 bridgehead atoms. The molecule has 0 spiro atoms. The second kappa shape index (κ2) is 6.97. The number of benzene rings is 2. The maximum atomic E-state index is 12.5. The Morgan fingerprint density at radius 2 is 1.77 bits per heavy atom.